The quantitative estimate of drug-likeness (QED) is 0.800. The summed E-state index contributed by atoms with van der Waals surface area (Å²) in [7, 11) is 0. The Balaban J connectivity index is 1.27. The molecule has 0 aromatic carbocycles. The maximum atomic E-state index is 12.9. The third-order valence-electron chi connectivity index (χ3n) is 8.08. The molecule has 7 rings (SSSR count). The van der Waals surface area contributed by atoms with Crippen LogP contribution in [0.1, 0.15) is 64.2 Å². The number of pyridine rings is 1. The molecule has 2 amide bonds. The van der Waals surface area contributed by atoms with Gasteiger partial charge in [0.05, 0.1) is 5.69 Å². The van der Waals surface area contributed by atoms with Crippen LogP contribution in [-0.4, -0.2) is 16.8 Å². The van der Waals surface area contributed by atoms with E-state index in [2.05, 4.69) is 15.6 Å². The Morgan fingerprint density at radius 1 is 0.786 bits per heavy atom. The van der Waals surface area contributed by atoms with Crippen LogP contribution in [0, 0.1) is 35.5 Å². The molecule has 0 spiro atoms. The fourth-order valence-electron chi connectivity index (χ4n) is 6.44. The number of rotatable bonds is 4. The molecular weight excluding hydrogens is 350 g/mol. The van der Waals surface area contributed by atoms with Crippen LogP contribution in [0.5, 0.6) is 0 Å². The van der Waals surface area contributed by atoms with E-state index >= 15 is 0 Å². The van der Waals surface area contributed by atoms with Crippen LogP contribution >= 0.6 is 0 Å². The number of amides is 2. The smallest absolute Gasteiger partial charge is 0.228 e. The number of hydrogen-bond donors (Lipinski definition) is 2. The van der Waals surface area contributed by atoms with Gasteiger partial charge in [0.2, 0.25) is 11.8 Å². The largest absolute Gasteiger partial charge is 0.323 e. The molecule has 4 bridgehead atoms. The average molecular weight is 382 g/mol. The molecule has 1 aromatic heterocycles. The summed E-state index contributed by atoms with van der Waals surface area (Å²) >= 11 is 0. The molecule has 2 N–H and O–H groups in total. The van der Waals surface area contributed by atoms with Gasteiger partial charge in [0.15, 0.2) is 5.82 Å². The van der Waals surface area contributed by atoms with Crippen molar-refractivity contribution < 1.29 is 9.59 Å². The third kappa shape index (κ3) is 3.44. The highest BCUT2D eigenvalue weighted by molar-refractivity contribution is 6.00. The number of anilines is 2. The standard InChI is InChI=1S/C23H31N3O2/c27-22(18-12-14-3-7-16(18)8-4-14)25-20-2-1-11-24-21(20)26-23(28)19-13-15-5-9-17(19)10-6-15/h1-2,11,14-19H,3-10,12-13H2,(H,25,27)(H,24,26,28). The Bertz CT molecular complexity index is 685. The van der Waals surface area contributed by atoms with Crippen LogP contribution < -0.4 is 10.6 Å². The van der Waals surface area contributed by atoms with E-state index in [9.17, 15) is 9.59 Å². The zero-order valence-corrected chi connectivity index (χ0v) is 16.5. The normalized spacial score (nSPS) is 36.1. The molecule has 0 saturated heterocycles. The summed E-state index contributed by atoms with van der Waals surface area (Å²) in [5, 5.41) is 6.13. The summed E-state index contributed by atoms with van der Waals surface area (Å²) in [6.07, 6.45) is 13.6. The van der Waals surface area contributed by atoms with Gasteiger partial charge in [-0.3, -0.25) is 9.59 Å². The molecule has 150 valence electrons. The lowest BCUT2D eigenvalue weighted by atomic mass is 9.64. The minimum atomic E-state index is 0.0836. The summed E-state index contributed by atoms with van der Waals surface area (Å²) in [6.45, 7) is 0. The molecule has 5 heteroatoms. The average Bonchev–Trinajstić information content (AvgIpc) is 2.76. The molecule has 0 radical (unpaired) electrons. The summed E-state index contributed by atoms with van der Waals surface area (Å²) in [6, 6.07) is 3.68. The SMILES string of the molecule is O=C(Nc1cccnc1NC(=O)C1CC2CCC1CC2)C1CC2CCC1CC2. The minimum Gasteiger partial charge on any atom is -0.323 e. The van der Waals surface area contributed by atoms with Gasteiger partial charge in [-0.25, -0.2) is 4.98 Å². The van der Waals surface area contributed by atoms with Crippen molar-refractivity contribution in [3.63, 3.8) is 0 Å². The van der Waals surface area contributed by atoms with Crippen molar-refractivity contribution in [3.05, 3.63) is 18.3 Å². The van der Waals surface area contributed by atoms with Gasteiger partial charge in [-0.1, -0.05) is 25.7 Å². The zero-order valence-electron chi connectivity index (χ0n) is 16.5. The Morgan fingerprint density at radius 3 is 1.82 bits per heavy atom. The summed E-state index contributed by atoms with van der Waals surface area (Å²) in [5.41, 5.74) is 0.642. The number of nitrogens with zero attached hydrogens (tertiary/aromatic N) is 1. The van der Waals surface area contributed by atoms with Crippen LogP contribution in [0.15, 0.2) is 18.3 Å². The van der Waals surface area contributed by atoms with Crippen molar-refractivity contribution in [1.82, 2.24) is 4.98 Å². The first-order valence-corrected chi connectivity index (χ1v) is 11.2. The van der Waals surface area contributed by atoms with Gasteiger partial charge >= 0.3 is 0 Å². The van der Waals surface area contributed by atoms with E-state index in [1.807, 2.05) is 12.1 Å². The van der Waals surface area contributed by atoms with Crippen LogP contribution in [0.4, 0.5) is 11.5 Å². The second-order valence-corrected chi connectivity index (χ2v) is 9.62. The third-order valence-corrected chi connectivity index (χ3v) is 8.08. The van der Waals surface area contributed by atoms with Crippen molar-refractivity contribution in [3.8, 4) is 0 Å². The van der Waals surface area contributed by atoms with Gasteiger partial charge in [-0.15, -0.1) is 0 Å². The lowest BCUT2D eigenvalue weighted by molar-refractivity contribution is -0.125. The molecule has 6 saturated carbocycles. The maximum Gasteiger partial charge on any atom is 0.228 e. The van der Waals surface area contributed by atoms with Crippen LogP contribution in [-0.2, 0) is 9.59 Å². The van der Waals surface area contributed by atoms with Crippen LogP contribution in [0.2, 0.25) is 0 Å². The molecule has 1 aromatic rings. The maximum absolute atomic E-state index is 12.9. The van der Waals surface area contributed by atoms with Gasteiger partial charge in [-0.2, -0.15) is 0 Å². The van der Waals surface area contributed by atoms with E-state index in [1.165, 1.54) is 51.4 Å². The number of fused-ring (bicyclic) bond motifs is 6. The number of nitrogens with one attached hydrogen (secondary N) is 2. The van der Waals surface area contributed by atoms with Crippen molar-refractivity contribution in [2.45, 2.75) is 64.2 Å². The zero-order chi connectivity index (χ0) is 19.1. The van der Waals surface area contributed by atoms with E-state index in [1.54, 1.807) is 6.20 Å². The first kappa shape index (κ1) is 18.1. The Hall–Kier alpha value is -1.91. The molecule has 2 unspecified atom stereocenters. The van der Waals surface area contributed by atoms with Crippen molar-refractivity contribution in [2.24, 2.45) is 35.5 Å². The van der Waals surface area contributed by atoms with Gasteiger partial charge in [0.1, 0.15) is 0 Å². The lowest BCUT2D eigenvalue weighted by Crippen LogP contribution is -2.39. The molecule has 28 heavy (non-hydrogen) atoms. The predicted molar refractivity (Wildman–Crippen MR) is 109 cm³/mol. The second kappa shape index (κ2) is 7.49. The molecular formula is C23H31N3O2. The number of hydrogen-bond acceptors (Lipinski definition) is 3. The molecule has 5 nitrogen and oxygen atoms in total. The summed E-state index contributed by atoms with van der Waals surface area (Å²) in [5.74, 6) is 3.39. The van der Waals surface area contributed by atoms with Crippen LogP contribution in [0.3, 0.4) is 0 Å². The minimum absolute atomic E-state index is 0.0836. The van der Waals surface area contributed by atoms with E-state index in [-0.39, 0.29) is 23.7 Å². The van der Waals surface area contributed by atoms with E-state index < -0.39 is 0 Å². The number of aromatic nitrogens is 1. The predicted octanol–water partition coefficient (Wildman–Crippen LogP) is 4.61. The van der Waals surface area contributed by atoms with Gasteiger partial charge in [-0.05, 0) is 74.3 Å². The van der Waals surface area contributed by atoms with Gasteiger partial charge in [0.25, 0.3) is 0 Å². The Kier molecular flexibility index (Phi) is 4.85. The number of carbonyl (C=O) groups is 2. The topological polar surface area (TPSA) is 71.1 Å². The summed E-state index contributed by atoms with van der Waals surface area (Å²) < 4.78 is 0. The van der Waals surface area contributed by atoms with Crippen molar-refractivity contribution in [2.75, 3.05) is 10.6 Å². The van der Waals surface area contributed by atoms with Gasteiger partial charge < -0.3 is 10.6 Å². The molecule has 1 heterocycles. The highest BCUT2D eigenvalue weighted by Crippen LogP contribution is 2.46. The fraction of sp³-hybridized carbons (Fsp3) is 0.696. The van der Waals surface area contributed by atoms with E-state index in [0.29, 0.717) is 29.3 Å². The van der Waals surface area contributed by atoms with E-state index in [0.717, 1.165) is 18.8 Å². The molecule has 6 aliphatic rings. The molecule has 6 aliphatic carbocycles. The second-order valence-electron chi connectivity index (χ2n) is 9.62. The van der Waals surface area contributed by atoms with E-state index in [4.69, 9.17) is 0 Å². The number of carbonyl (C=O) groups excluding carboxylic acids is 2. The van der Waals surface area contributed by atoms with Crippen molar-refractivity contribution in [1.29, 1.82) is 0 Å². The molecule has 6 fully saturated rings. The monoisotopic (exact) mass is 381 g/mol. The Labute approximate surface area is 167 Å². The fourth-order valence-corrected chi connectivity index (χ4v) is 6.44. The van der Waals surface area contributed by atoms with Crippen molar-refractivity contribution >= 4 is 23.3 Å². The highest BCUT2D eigenvalue weighted by atomic mass is 16.2. The van der Waals surface area contributed by atoms with Crippen LogP contribution in [0.25, 0.3) is 0 Å². The Morgan fingerprint density at radius 2 is 1.32 bits per heavy atom. The first-order chi connectivity index (χ1) is 13.7. The lowest BCUT2D eigenvalue weighted by Gasteiger charge is -2.41. The first-order valence-electron chi connectivity index (χ1n) is 11.2. The molecule has 2 atom stereocenters. The van der Waals surface area contributed by atoms with Gasteiger partial charge in [0, 0.05) is 18.0 Å². The molecule has 0 aliphatic heterocycles. The summed E-state index contributed by atoms with van der Waals surface area (Å²) in [4.78, 5) is 30.3. The highest BCUT2D eigenvalue weighted by Gasteiger charge is 2.41.